The number of aromatic nitrogens is 2. The number of para-hydroxylation sites is 1. The molecule has 1 heterocycles. The van der Waals surface area contributed by atoms with E-state index in [0.29, 0.717) is 11.4 Å². The predicted molar refractivity (Wildman–Crippen MR) is 106 cm³/mol. The van der Waals surface area contributed by atoms with Crippen molar-refractivity contribution in [3.8, 4) is 34.0 Å². The molecule has 0 amide bonds. The molecule has 0 aliphatic carbocycles. The molecule has 0 aliphatic heterocycles. The van der Waals surface area contributed by atoms with Gasteiger partial charge in [0.1, 0.15) is 11.4 Å². The Morgan fingerprint density at radius 2 is 1.46 bits per heavy atom. The highest BCUT2D eigenvalue weighted by Gasteiger charge is 2.21. The second-order valence-electron chi connectivity index (χ2n) is 6.53. The second kappa shape index (κ2) is 6.52. The van der Waals surface area contributed by atoms with Gasteiger partial charge in [0, 0.05) is 11.1 Å². The summed E-state index contributed by atoms with van der Waals surface area (Å²) >= 11 is 0. The van der Waals surface area contributed by atoms with Crippen molar-refractivity contribution in [1.29, 1.82) is 0 Å². The summed E-state index contributed by atoms with van der Waals surface area (Å²) in [5.74, 6) is 0.198. The van der Waals surface area contributed by atoms with Crippen molar-refractivity contribution in [2.24, 2.45) is 0 Å². The van der Waals surface area contributed by atoms with Gasteiger partial charge in [0.15, 0.2) is 5.75 Å². The lowest BCUT2D eigenvalue weighted by Crippen LogP contribution is -1.99. The zero-order chi connectivity index (χ0) is 18.1. The minimum absolute atomic E-state index is 0.198. The van der Waals surface area contributed by atoms with E-state index in [1.807, 2.05) is 91.3 Å². The van der Waals surface area contributed by atoms with Crippen LogP contribution in [0.3, 0.4) is 0 Å². The molecule has 0 saturated carbocycles. The molecule has 0 radical (unpaired) electrons. The zero-order valence-corrected chi connectivity index (χ0v) is 14.8. The summed E-state index contributed by atoms with van der Waals surface area (Å²) in [5, 5.41) is 15.8. The summed E-state index contributed by atoms with van der Waals surface area (Å²) in [6.07, 6.45) is 0. The summed E-state index contributed by atoms with van der Waals surface area (Å²) < 4.78 is 1.82. The Bertz CT molecular complexity index is 1050. The molecule has 0 bridgehead atoms. The molecular weight excluding hydrogens is 320 g/mol. The smallest absolute Gasteiger partial charge is 0.170 e. The van der Waals surface area contributed by atoms with Crippen LogP contribution in [-0.4, -0.2) is 14.9 Å². The van der Waals surface area contributed by atoms with Gasteiger partial charge in [-0.05, 0) is 32.0 Å². The van der Waals surface area contributed by atoms with Crippen LogP contribution in [-0.2, 0) is 0 Å². The topological polar surface area (TPSA) is 38.0 Å². The van der Waals surface area contributed by atoms with Gasteiger partial charge in [-0.25, -0.2) is 4.68 Å². The Morgan fingerprint density at radius 1 is 0.731 bits per heavy atom. The Labute approximate surface area is 153 Å². The molecule has 0 unspecified atom stereocenters. The van der Waals surface area contributed by atoms with E-state index in [4.69, 9.17) is 5.10 Å². The van der Waals surface area contributed by atoms with Crippen molar-refractivity contribution < 1.29 is 5.11 Å². The number of benzene rings is 3. The summed E-state index contributed by atoms with van der Waals surface area (Å²) in [5.41, 5.74) is 6.36. The van der Waals surface area contributed by atoms with Crippen molar-refractivity contribution in [3.63, 3.8) is 0 Å². The van der Waals surface area contributed by atoms with E-state index < -0.39 is 0 Å². The van der Waals surface area contributed by atoms with Crippen LogP contribution in [0.15, 0.2) is 78.9 Å². The Kier molecular flexibility index (Phi) is 4.05. The average Bonchev–Trinajstić information content (AvgIpc) is 3.00. The zero-order valence-electron chi connectivity index (χ0n) is 14.8. The molecule has 0 spiro atoms. The van der Waals surface area contributed by atoms with Crippen LogP contribution in [0.25, 0.3) is 28.2 Å². The largest absolute Gasteiger partial charge is 0.504 e. The minimum Gasteiger partial charge on any atom is -0.504 e. The minimum atomic E-state index is 0.198. The van der Waals surface area contributed by atoms with E-state index in [2.05, 4.69) is 6.07 Å². The second-order valence-corrected chi connectivity index (χ2v) is 6.53. The average molecular weight is 340 g/mol. The van der Waals surface area contributed by atoms with Gasteiger partial charge in [-0.2, -0.15) is 5.10 Å². The first-order valence-corrected chi connectivity index (χ1v) is 8.65. The van der Waals surface area contributed by atoms with E-state index in [0.717, 1.165) is 22.4 Å². The third-order valence-electron chi connectivity index (χ3n) is 4.48. The van der Waals surface area contributed by atoms with Gasteiger partial charge in [-0.15, -0.1) is 0 Å². The quantitative estimate of drug-likeness (QED) is 0.532. The Morgan fingerprint density at radius 3 is 2.15 bits per heavy atom. The molecular formula is C23H20N2O. The number of nitrogens with zero attached hydrogens (tertiary/aromatic N) is 2. The highest BCUT2D eigenvalue weighted by molar-refractivity contribution is 5.79. The van der Waals surface area contributed by atoms with E-state index in [-0.39, 0.29) is 5.75 Å². The Balaban J connectivity index is 1.98. The fourth-order valence-corrected chi connectivity index (χ4v) is 3.12. The molecule has 0 saturated heterocycles. The highest BCUT2D eigenvalue weighted by atomic mass is 16.3. The number of rotatable bonds is 3. The van der Waals surface area contributed by atoms with E-state index in [1.165, 1.54) is 5.56 Å². The van der Waals surface area contributed by atoms with Crippen LogP contribution in [0, 0.1) is 13.8 Å². The standard InChI is InChI=1S/C23H20N2O/c1-16-11-13-18(14-12-16)21-23(26)22(19-8-6-7-17(2)15-19)25(24-21)20-9-4-3-5-10-20/h3-15,26H,1-2H3. The third-order valence-corrected chi connectivity index (χ3v) is 4.48. The van der Waals surface area contributed by atoms with Crippen molar-refractivity contribution in [2.45, 2.75) is 13.8 Å². The maximum atomic E-state index is 11.1. The molecule has 0 fully saturated rings. The monoisotopic (exact) mass is 340 g/mol. The van der Waals surface area contributed by atoms with E-state index >= 15 is 0 Å². The SMILES string of the molecule is Cc1ccc(-c2nn(-c3ccccc3)c(-c3cccc(C)c3)c2O)cc1. The molecule has 4 aromatic rings. The van der Waals surface area contributed by atoms with Crippen molar-refractivity contribution in [2.75, 3.05) is 0 Å². The fourth-order valence-electron chi connectivity index (χ4n) is 3.12. The first kappa shape index (κ1) is 16.2. The maximum Gasteiger partial charge on any atom is 0.170 e. The van der Waals surface area contributed by atoms with Gasteiger partial charge >= 0.3 is 0 Å². The summed E-state index contributed by atoms with van der Waals surface area (Å²) in [4.78, 5) is 0. The Hall–Kier alpha value is -3.33. The maximum absolute atomic E-state index is 11.1. The molecule has 1 N–H and O–H groups in total. The van der Waals surface area contributed by atoms with Gasteiger partial charge in [-0.3, -0.25) is 0 Å². The van der Waals surface area contributed by atoms with Crippen LogP contribution in [0.1, 0.15) is 11.1 Å². The van der Waals surface area contributed by atoms with Crippen LogP contribution in [0.4, 0.5) is 0 Å². The first-order chi connectivity index (χ1) is 12.6. The lowest BCUT2D eigenvalue weighted by molar-refractivity contribution is 0.479. The summed E-state index contributed by atoms with van der Waals surface area (Å²) in [7, 11) is 0. The number of hydrogen-bond acceptors (Lipinski definition) is 2. The van der Waals surface area contributed by atoms with Crippen LogP contribution in [0.5, 0.6) is 5.75 Å². The lowest BCUT2D eigenvalue weighted by Gasteiger charge is -2.08. The normalized spacial score (nSPS) is 10.8. The molecule has 0 aliphatic rings. The lowest BCUT2D eigenvalue weighted by atomic mass is 10.0. The van der Waals surface area contributed by atoms with Crippen LogP contribution < -0.4 is 0 Å². The highest BCUT2D eigenvalue weighted by Crippen LogP contribution is 2.39. The van der Waals surface area contributed by atoms with Gasteiger partial charge in [-0.1, -0.05) is 71.8 Å². The van der Waals surface area contributed by atoms with E-state index in [1.54, 1.807) is 0 Å². The molecule has 3 nitrogen and oxygen atoms in total. The summed E-state index contributed by atoms with van der Waals surface area (Å²) in [6.45, 7) is 4.09. The molecule has 3 aromatic carbocycles. The predicted octanol–water partition coefficient (Wildman–Crippen LogP) is 5.53. The fraction of sp³-hybridized carbons (Fsp3) is 0.0870. The number of aryl methyl sites for hydroxylation is 2. The number of aromatic hydroxyl groups is 1. The molecule has 1 aromatic heterocycles. The van der Waals surface area contributed by atoms with Gasteiger partial charge in [0.25, 0.3) is 0 Å². The van der Waals surface area contributed by atoms with E-state index in [9.17, 15) is 5.11 Å². The van der Waals surface area contributed by atoms with Crippen molar-refractivity contribution >= 4 is 0 Å². The molecule has 26 heavy (non-hydrogen) atoms. The molecule has 0 atom stereocenters. The third kappa shape index (κ3) is 2.88. The molecule has 3 heteroatoms. The first-order valence-electron chi connectivity index (χ1n) is 8.65. The van der Waals surface area contributed by atoms with Crippen molar-refractivity contribution in [3.05, 3.63) is 90.0 Å². The molecule has 4 rings (SSSR count). The number of hydrogen-bond donors (Lipinski definition) is 1. The molecule has 128 valence electrons. The van der Waals surface area contributed by atoms with Gasteiger partial charge in [0.2, 0.25) is 0 Å². The van der Waals surface area contributed by atoms with Gasteiger partial charge < -0.3 is 5.11 Å². The van der Waals surface area contributed by atoms with Crippen molar-refractivity contribution in [1.82, 2.24) is 9.78 Å². The van der Waals surface area contributed by atoms with Crippen LogP contribution in [0.2, 0.25) is 0 Å². The summed E-state index contributed by atoms with van der Waals surface area (Å²) in [6, 6.07) is 26.1. The van der Waals surface area contributed by atoms with Gasteiger partial charge in [0.05, 0.1) is 5.69 Å². The van der Waals surface area contributed by atoms with Crippen LogP contribution >= 0.6 is 0 Å².